The second-order valence-corrected chi connectivity index (χ2v) is 10.6. The molecule has 1 aliphatic heterocycles. The van der Waals surface area contributed by atoms with Gasteiger partial charge in [-0.05, 0) is 63.5 Å². The highest BCUT2D eigenvalue weighted by Crippen LogP contribution is 2.58. The van der Waals surface area contributed by atoms with Gasteiger partial charge in [-0.1, -0.05) is 20.4 Å². The van der Waals surface area contributed by atoms with Crippen molar-refractivity contribution in [1.29, 1.82) is 0 Å². The number of carbonyl (C=O) groups is 1. The van der Waals surface area contributed by atoms with Gasteiger partial charge < -0.3 is 19.1 Å². The fourth-order valence-corrected chi connectivity index (χ4v) is 4.74. The summed E-state index contributed by atoms with van der Waals surface area (Å²) >= 11 is 1.41. The Labute approximate surface area is 216 Å². The van der Waals surface area contributed by atoms with Crippen LogP contribution in [0.4, 0.5) is 13.6 Å². The number of hydrogen-bond donors (Lipinski definition) is 0. The molecule has 1 saturated carbocycles. The maximum absolute atomic E-state index is 15.8. The van der Waals surface area contributed by atoms with Crippen molar-refractivity contribution < 1.29 is 27.8 Å². The zero-order valence-electron chi connectivity index (χ0n) is 21.7. The third-order valence-electron chi connectivity index (χ3n) is 6.80. The van der Waals surface area contributed by atoms with Crippen LogP contribution in [-0.2, 0) is 9.47 Å². The minimum Gasteiger partial charge on any atom is -0.475 e. The van der Waals surface area contributed by atoms with Crippen LogP contribution in [0, 0.1) is 23.1 Å². The van der Waals surface area contributed by atoms with E-state index in [0.29, 0.717) is 19.5 Å². The van der Waals surface area contributed by atoms with Crippen molar-refractivity contribution in [3.63, 3.8) is 0 Å². The molecule has 6 nitrogen and oxygen atoms in total. The number of likely N-dealkylation sites (tertiary alicyclic amines) is 1. The molecule has 9 heteroatoms. The van der Waals surface area contributed by atoms with Crippen LogP contribution in [0.25, 0.3) is 0 Å². The van der Waals surface area contributed by atoms with Crippen LogP contribution >= 0.6 is 11.8 Å². The van der Waals surface area contributed by atoms with Gasteiger partial charge in [0.05, 0.1) is 12.7 Å². The van der Waals surface area contributed by atoms with Crippen molar-refractivity contribution in [2.24, 2.45) is 22.2 Å². The lowest BCUT2D eigenvalue weighted by atomic mass is 9.96. The van der Waals surface area contributed by atoms with Gasteiger partial charge in [-0.15, -0.1) is 11.8 Å². The van der Waals surface area contributed by atoms with Crippen LogP contribution in [0.5, 0.6) is 5.75 Å². The highest BCUT2D eigenvalue weighted by atomic mass is 32.2. The van der Waals surface area contributed by atoms with E-state index >= 15 is 4.39 Å². The number of ether oxygens (including phenoxy) is 3. The molecule has 36 heavy (non-hydrogen) atoms. The number of halogens is 2. The molecular weight excluding hydrogens is 486 g/mol. The molecule has 1 aliphatic carbocycles. The second kappa shape index (κ2) is 12.1. The highest BCUT2D eigenvalue weighted by Gasteiger charge is 2.58. The zero-order chi connectivity index (χ0) is 26.5. The molecule has 2 fully saturated rings. The minimum atomic E-state index is -0.774. The predicted molar refractivity (Wildman–Crippen MR) is 138 cm³/mol. The molecule has 198 valence electrons. The standard InChI is InChI=1S/C27H36F2N2O4S/c1-7-18(5)24(35-22-10-9-20(36-6)13-21(22)28)23(29)25(30-8-2)33-16-27-11-12-31(15-19(27)14-27)26(32)34-17(3)4/h8-10,13,17-19H,2,7,11-12,14-16H2,1,3-6H3. The molecule has 0 radical (unpaired) electrons. The summed E-state index contributed by atoms with van der Waals surface area (Å²) in [6.45, 7) is 12.3. The molecule has 3 unspecified atom stereocenters. The number of rotatable bonds is 10. The summed E-state index contributed by atoms with van der Waals surface area (Å²) in [5.41, 5.74) is -0.131. The maximum atomic E-state index is 15.8. The summed E-state index contributed by atoms with van der Waals surface area (Å²) in [6.07, 6.45) is 4.78. The fourth-order valence-electron chi connectivity index (χ4n) is 4.32. The number of allylic oxidation sites excluding steroid dienone is 1. The number of carbonyl (C=O) groups excluding carboxylic acids is 1. The van der Waals surface area contributed by atoms with E-state index in [1.54, 1.807) is 17.9 Å². The summed E-state index contributed by atoms with van der Waals surface area (Å²) in [5, 5.41) is 0. The van der Waals surface area contributed by atoms with Gasteiger partial charge in [-0.3, -0.25) is 0 Å². The number of aliphatic imine (C=N–C) groups is 1. The van der Waals surface area contributed by atoms with Crippen LogP contribution in [0.3, 0.4) is 0 Å². The molecule has 3 atom stereocenters. The van der Waals surface area contributed by atoms with E-state index < -0.39 is 11.6 Å². The number of thioether (sulfide) groups is 1. The number of hydrogen-bond acceptors (Lipinski definition) is 6. The molecular formula is C27H36F2N2O4S. The van der Waals surface area contributed by atoms with E-state index in [1.807, 2.05) is 27.0 Å². The Morgan fingerprint density at radius 2 is 2.14 bits per heavy atom. The first-order valence-electron chi connectivity index (χ1n) is 12.3. The average molecular weight is 523 g/mol. The van der Waals surface area contributed by atoms with Gasteiger partial charge in [-0.2, -0.15) is 4.39 Å². The summed E-state index contributed by atoms with van der Waals surface area (Å²) in [7, 11) is 0. The predicted octanol–water partition coefficient (Wildman–Crippen LogP) is 6.97. The number of piperidine rings is 1. The minimum absolute atomic E-state index is 0.0370. The summed E-state index contributed by atoms with van der Waals surface area (Å²) in [5.74, 6) is -1.75. The third kappa shape index (κ3) is 6.60. The lowest BCUT2D eigenvalue weighted by molar-refractivity contribution is 0.0581. The molecule has 0 N–H and O–H groups in total. The summed E-state index contributed by atoms with van der Waals surface area (Å²) in [6, 6.07) is 4.57. The first kappa shape index (κ1) is 28.0. The number of amides is 1. The van der Waals surface area contributed by atoms with Crippen molar-refractivity contribution in [3.05, 3.63) is 48.4 Å². The molecule has 1 amide bonds. The van der Waals surface area contributed by atoms with Gasteiger partial charge in [0.1, 0.15) is 5.76 Å². The lowest BCUT2D eigenvalue weighted by Crippen LogP contribution is -2.41. The normalized spacial score (nSPS) is 22.9. The van der Waals surface area contributed by atoms with Crippen LogP contribution in [-0.4, -0.2) is 48.9 Å². The Bertz CT molecular complexity index is 1030. The monoisotopic (exact) mass is 522 g/mol. The van der Waals surface area contributed by atoms with Gasteiger partial charge in [0.25, 0.3) is 5.90 Å². The highest BCUT2D eigenvalue weighted by molar-refractivity contribution is 7.98. The van der Waals surface area contributed by atoms with E-state index in [4.69, 9.17) is 14.2 Å². The average Bonchev–Trinajstić information content (AvgIpc) is 3.58. The second-order valence-electron chi connectivity index (χ2n) is 9.68. The molecule has 0 aromatic heterocycles. The number of benzene rings is 1. The summed E-state index contributed by atoms with van der Waals surface area (Å²) < 4.78 is 47.3. The van der Waals surface area contributed by atoms with Crippen molar-refractivity contribution in [2.45, 2.75) is 58.0 Å². The molecule has 1 saturated heterocycles. The molecule has 1 aromatic rings. The van der Waals surface area contributed by atoms with E-state index in [1.165, 1.54) is 30.1 Å². The van der Waals surface area contributed by atoms with Gasteiger partial charge in [-0.25, -0.2) is 14.2 Å². The molecule has 3 rings (SSSR count). The van der Waals surface area contributed by atoms with E-state index in [2.05, 4.69) is 11.6 Å². The summed E-state index contributed by atoms with van der Waals surface area (Å²) in [4.78, 5) is 18.7. The SMILES string of the molecule is C=CN=C(OCC12CCN(C(=O)OC(C)C)CC1C2)C(F)=C(Oc1ccc(SC)cc1F)C(C)CC. The Hall–Kier alpha value is -2.55. The Morgan fingerprint density at radius 3 is 2.72 bits per heavy atom. The maximum Gasteiger partial charge on any atom is 0.410 e. The van der Waals surface area contributed by atoms with Crippen molar-refractivity contribution in [1.82, 2.24) is 4.90 Å². The van der Waals surface area contributed by atoms with Crippen molar-refractivity contribution >= 4 is 23.8 Å². The Morgan fingerprint density at radius 1 is 1.39 bits per heavy atom. The lowest BCUT2D eigenvalue weighted by Gasteiger charge is -2.31. The van der Waals surface area contributed by atoms with E-state index in [0.717, 1.165) is 17.7 Å². The first-order valence-corrected chi connectivity index (χ1v) is 13.5. The van der Waals surface area contributed by atoms with Gasteiger partial charge in [0.2, 0.25) is 5.83 Å². The van der Waals surface area contributed by atoms with Gasteiger partial charge >= 0.3 is 6.09 Å². The first-order chi connectivity index (χ1) is 17.1. The van der Waals surface area contributed by atoms with Gasteiger partial charge in [0.15, 0.2) is 11.6 Å². The van der Waals surface area contributed by atoms with Crippen LogP contribution in [0.15, 0.2) is 52.5 Å². The van der Waals surface area contributed by atoms with E-state index in [9.17, 15) is 9.18 Å². The smallest absolute Gasteiger partial charge is 0.410 e. The van der Waals surface area contributed by atoms with Crippen molar-refractivity contribution in [3.8, 4) is 5.75 Å². The van der Waals surface area contributed by atoms with Gasteiger partial charge in [0, 0.05) is 35.5 Å². The fraction of sp³-hybridized carbons (Fsp3) is 0.556. The molecule has 1 heterocycles. The Kier molecular flexibility index (Phi) is 9.44. The quantitative estimate of drug-likeness (QED) is 0.144. The largest absolute Gasteiger partial charge is 0.475 e. The van der Waals surface area contributed by atoms with Crippen LogP contribution < -0.4 is 4.74 Å². The van der Waals surface area contributed by atoms with Crippen molar-refractivity contribution in [2.75, 3.05) is 26.0 Å². The van der Waals surface area contributed by atoms with Crippen LogP contribution in [0.2, 0.25) is 0 Å². The number of nitrogens with zero attached hydrogens (tertiary/aromatic N) is 2. The van der Waals surface area contributed by atoms with Crippen LogP contribution in [0.1, 0.15) is 47.0 Å². The molecule has 0 spiro atoms. The topological polar surface area (TPSA) is 60.4 Å². The third-order valence-corrected chi connectivity index (χ3v) is 7.53. The molecule has 0 bridgehead atoms. The van der Waals surface area contributed by atoms with E-state index in [-0.39, 0.29) is 53.5 Å². The number of fused-ring (bicyclic) bond motifs is 1. The zero-order valence-corrected chi connectivity index (χ0v) is 22.5. The Balaban J connectivity index is 1.73. The molecule has 2 aliphatic rings. The molecule has 1 aromatic carbocycles.